The molecule has 3 heterocycles. The number of pyridine rings is 1. The van der Waals surface area contributed by atoms with Crippen LogP contribution in [-0.4, -0.2) is 46.0 Å². The highest BCUT2D eigenvalue weighted by Crippen LogP contribution is 2.26. The first-order chi connectivity index (χ1) is 11.8. The second-order valence-corrected chi connectivity index (χ2v) is 8.08. The van der Waals surface area contributed by atoms with Crippen molar-refractivity contribution in [3.05, 3.63) is 47.8 Å². The van der Waals surface area contributed by atoms with E-state index >= 15 is 0 Å². The van der Waals surface area contributed by atoms with Crippen LogP contribution in [0.2, 0.25) is 0 Å². The topological polar surface area (TPSA) is 97.2 Å². The minimum Gasteiger partial charge on any atom is -0.352 e. The number of hydrogen-bond acceptors (Lipinski definition) is 5. The molecule has 3 rings (SSSR count). The summed E-state index contributed by atoms with van der Waals surface area (Å²) >= 11 is 0. The SMILES string of the molecule is CC1c2nc(CC(=O)NCc3cccnc3)cn2CCN1S(C)(=O)=O. The Labute approximate surface area is 146 Å². The number of amides is 1. The summed E-state index contributed by atoms with van der Waals surface area (Å²) < 4.78 is 27.0. The predicted molar refractivity (Wildman–Crippen MR) is 92.0 cm³/mol. The molecule has 2 aromatic heterocycles. The van der Waals surface area contributed by atoms with Crippen LogP contribution in [-0.2, 0) is 34.3 Å². The maximum absolute atomic E-state index is 12.1. The largest absolute Gasteiger partial charge is 0.352 e. The van der Waals surface area contributed by atoms with E-state index in [1.807, 2.05) is 29.8 Å². The lowest BCUT2D eigenvalue weighted by Gasteiger charge is -2.31. The highest BCUT2D eigenvalue weighted by molar-refractivity contribution is 7.88. The van der Waals surface area contributed by atoms with Gasteiger partial charge >= 0.3 is 0 Å². The first kappa shape index (κ1) is 17.6. The summed E-state index contributed by atoms with van der Waals surface area (Å²) in [6, 6.07) is 3.38. The van der Waals surface area contributed by atoms with E-state index in [0.29, 0.717) is 31.2 Å². The van der Waals surface area contributed by atoms with E-state index in [-0.39, 0.29) is 18.4 Å². The van der Waals surface area contributed by atoms with Crippen LogP contribution in [0.25, 0.3) is 0 Å². The Bertz CT molecular complexity index is 863. The normalized spacial score (nSPS) is 17.9. The number of carbonyl (C=O) groups excluding carboxylic acids is 1. The lowest BCUT2D eigenvalue weighted by molar-refractivity contribution is -0.120. The maximum Gasteiger partial charge on any atom is 0.226 e. The van der Waals surface area contributed by atoms with Crippen molar-refractivity contribution >= 4 is 15.9 Å². The van der Waals surface area contributed by atoms with Crippen LogP contribution in [0, 0.1) is 0 Å². The number of hydrogen-bond donors (Lipinski definition) is 1. The Hall–Kier alpha value is -2.26. The van der Waals surface area contributed by atoms with Crippen molar-refractivity contribution < 1.29 is 13.2 Å². The number of aromatic nitrogens is 3. The molecule has 8 nitrogen and oxygen atoms in total. The standard InChI is InChI=1S/C16H21N5O3S/c1-12-16-19-14(11-20(16)6-7-21(12)25(2,23)24)8-15(22)18-10-13-4-3-5-17-9-13/h3-5,9,11-12H,6-8,10H2,1-2H3,(H,18,22). The van der Waals surface area contributed by atoms with Gasteiger partial charge in [0.1, 0.15) is 5.82 Å². The molecule has 2 aromatic rings. The first-order valence-corrected chi connectivity index (χ1v) is 9.88. The number of imidazole rings is 1. The molecule has 9 heteroatoms. The summed E-state index contributed by atoms with van der Waals surface area (Å²) in [4.78, 5) is 20.6. The number of nitrogens with one attached hydrogen (secondary N) is 1. The summed E-state index contributed by atoms with van der Waals surface area (Å²) in [5.41, 5.74) is 1.57. The van der Waals surface area contributed by atoms with Gasteiger partial charge in [0.2, 0.25) is 15.9 Å². The smallest absolute Gasteiger partial charge is 0.226 e. The highest BCUT2D eigenvalue weighted by atomic mass is 32.2. The molecule has 1 aliphatic heterocycles. The zero-order chi connectivity index (χ0) is 18.0. The van der Waals surface area contributed by atoms with Gasteiger partial charge in [0.25, 0.3) is 0 Å². The molecular formula is C16H21N5O3S. The van der Waals surface area contributed by atoms with E-state index < -0.39 is 10.0 Å². The molecule has 0 bridgehead atoms. The number of carbonyl (C=O) groups is 1. The van der Waals surface area contributed by atoms with Crippen molar-refractivity contribution in [3.8, 4) is 0 Å². The van der Waals surface area contributed by atoms with Crippen molar-refractivity contribution in [2.24, 2.45) is 0 Å². The van der Waals surface area contributed by atoms with Crippen LogP contribution in [0.15, 0.2) is 30.7 Å². The molecule has 1 aliphatic rings. The van der Waals surface area contributed by atoms with Crippen LogP contribution in [0.4, 0.5) is 0 Å². The molecule has 1 unspecified atom stereocenters. The lowest BCUT2D eigenvalue weighted by Crippen LogP contribution is -2.40. The van der Waals surface area contributed by atoms with Gasteiger partial charge in [-0.15, -0.1) is 0 Å². The number of nitrogens with zero attached hydrogens (tertiary/aromatic N) is 4. The zero-order valence-electron chi connectivity index (χ0n) is 14.2. The third kappa shape index (κ3) is 4.05. The van der Waals surface area contributed by atoms with Gasteiger partial charge in [-0.3, -0.25) is 9.78 Å². The van der Waals surface area contributed by atoms with Gasteiger partial charge in [0.15, 0.2) is 0 Å². The van der Waals surface area contributed by atoms with E-state index in [9.17, 15) is 13.2 Å². The fourth-order valence-corrected chi connectivity index (χ4v) is 4.08. The van der Waals surface area contributed by atoms with Crippen molar-refractivity contribution in [1.29, 1.82) is 0 Å². The molecule has 134 valence electrons. The molecule has 25 heavy (non-hydrogen) atoms. The first-order valence-electron chi connectivity index (χ1n) is 8.03. The fraction of sp³-hybridized carbons (Fsp3) is 0.438. The molecule has 0 radical (unpaired) electrons. The second-order valence-electron chi connectivity index (χ2n) is 6.15. The molecule has 0 fully saturated rings. The summed E-state index contributed by atoms with van der Waals surface area (Å²) in [5, 5.41) is 2.84. The minimum atomic E-state index is -3.28. The summed E-state index contributed by atoms with van der Waals surface area (Å²) in [6.07, 6.45) is 6.58. The average Bonchev–Trinajstić information content (AvgIpc) is 2.96. The van der Waals surface area contributed by atoms with Crippen molar-refractivity contribution in [3.63, 3.8) is 0 Å². The zero-order valence-corrected chi connectivity index (χ0v) is 15.0. The van der Waals surface area contributed by atoms with Gasteiger partial charge in [-0.05, 0) is 18.6 Å². The van der Waals surface area contributed by atoms with E-state index in [1.165, 1.54) is 10.6 Å². The molecule has 0 saturated heterocycles. The number of rotatable bonds is 5. The minimum absolute atomic E-state index is 0.132. The van der Waals surface area contributed by atoms with Gasteiger partial charge in [-0.25, -0.2) is 13.4 Å². The Morgan fingerprint density at radius 2 is 2.20 bits per heavy atom. The van der Waals surface area contributed by atoms with Gasteiger partial charge < -0.3 is 9.88 Å². The molecule has 0 aromatic carbocycles. The number of fused-ring (bicyclic) bond motifs is 1. The average molecular weight is 363 g/mol. The predicted octanol–water partition coefficient (Wildman–Crippen LogP) is 0.473. The van der Waals surface area contributed by atoms with Crippen LogP contribution in [0.5, 0.6) is 0 Å². The van der Waals surface area contributed by atoms with Gasteiger partial charge in [0.05, 0.1) is 24.4 Å². The van der Waals surface area contributed by atoms with E-state index in [0.717, 1.165) is 5.56 Å². The van der Waals surface area contributed by atoms with E-state index in [1.54, 1.807) is 12.4 Å². The summed E-state index contributed by atoms with van der Waals surface area (Å²) in [5.74, 6) is 0.540. The molecular weight excluding hydrogens is 342 g/mol. The van der Waals surface area contributed by atoms with E-state index in [2.05, 4.69) is 15.3 Å². The quantitative estimate of drug-likeness (QED) is 0.833. The molecule has 0 spiro atoms. The molecule has 1 N–H and O–H groups in total. The molecule has 1 atom stereocenters. The monoisotopic (exact) mass is 363 g/mol. The van der Waals surface area contributed by atoms with Crippen LogP contribution >= 0.6 is 0 Å². The van der Waals surface area contributed by atoms with Gasteiger partial charge in [-0.2, -0.15) is 4.31 Å². The van der Waals surface area contributed by atoms with Crippen molar-refractivity contribution in [1.82, 2.24) is 24.2 Å². The Morgan fingerprint density at radius 3 is 2.88 bits per heavy atom. The lowest BCUT2D eigenvalue weighted by atomic mass is 10.2. The Balaban J connectivity index is 1.64. The van der Waals surface area contributed by atoms with Gasteiger partial charge in [0, 0.05) is 38.2 Å². The fourth-order valence-electron chi connectivity index (χ4n) is 3.00. The maximum atomic E-state index is 12.1. The summed E-state index contributed by atoms with van der Waals surface area (Å²) in [7, 11) is -3.28. The third-order valence-corrected chi connectivity index (χ3v) is 5.56. The van der Waals surface area contributed by atoms with Crippen molar-refractivity contribution in [2.45, 2.75) is 32.5 Å². The Morgan fingerprint density at radius 1 is 1.40 bits per heavy atom. The molecule has 1 amide bonds. The highest BCUT2D eigenvalue weighted by Gasteiger charge is 2.32. The van der Waals surface area contributed by atoms with E-state index in [4.69, 9.17) is 0 Å². The molecule has 0 saturated carbocycles. The summed E-state index contributed by atoms with van der Waals surface area (Å²) in [6.45, 7) is 3.18. The van der Waals surface area contributed by atoms with Crippen LogP contribution in [0.3, 0.4) is 0 Å². The van der Waals surface area contributed by atoms with Crippen LogP contribution in [0.1, 0.15) is 30.0 Å². The van der Waals surface area contributed by atoms with Gasteiger partial charge in [-0.1, -0.05) is 6.07 Å². The Kier molecular flexibility index (Phi) is 4.87. The van der Waals surface area contributed by atoms with Crippen molar-refractivity contribution in [2.75, 3.05) is 12.8 Å². The van der Waals surface area contributed by atoms with Crippen LogP contribution < -0.4 is 5.32 Å². The second kappa shape index (κ2) is 6.93. The third-order valence-electron chi connectivity index (χ3n) is 4.20. The molecule has 0 aliphatic carbocycles. The number of sulfonamides is 1.